The number of hydrogen-bond donors (Lipinski definition) is 1. The van der Waals surface area contributed by atoms with Gasteiger partial charge in [0.25, 0.3) is 0 Å². The van der Waals surface area contributed by atoms with Crippen LogP contribution in [-0.2, 0) is 4.79 Å². The average Bonchev–Trinajstić information content (AvgIpc) is 2.74. The number of nitrogens with one attached hydrogen (secondary N) is 1. The van der Waals surface area contributed by atoms with Gasteiger partial charge in [-0.2, -0.15) is 0 Å². The molecule has 29 heavy (non-hydrogen) atoms. The fourth-order valence-corrected chi connectivity index (χ4v) is 3.08. The normalized spacial score (nSPS) is 10.6. The van der Waals surface area contributed by atoms with Crippen LogP contribution >= 0.6 is 0 Å². The van der Waals surface area contributed by atoms with Gasteiger partial charge in [-0.1, -0.05) is 66.7 Å². The lowest BCUT2D eigenvalue weighted by Gasteiger charge is -2.12. The quantitative estimate of drug-likeness (QED) is 0.532. The van der Waals surface area contributed by atoms with Crippen molar-refractivity contribution in [2.24, 2.45) is 0 Å². The van der Waals surface area contributed by atoms with E-state index in [1.165, 1.54) is 6.92 Å². The van der Waals surface area contributed by atoms with Crippen LogP contribution < -0.4 is 5.32 Å². The molecule has 0 unspecified atom stereocenters. The van der Waals surface area contributed by atoms with E-state index in [2.05, 4.69) is 5.32 Å². The smallest absolute Gasteiger partial charge is 0.221 e. The van der Waals surface area contributed by atoms with E-state index in [9.17, 15) is 4.79 Å². The van der Waals surface area contributed by atoms with Crippen molar-refractivity contribution < 1.29 is 4.79 Å². The van der Waals surface area contributed by atoms with Crippen molar-refractivity contribution in [2.75, 3.05) is 5.32 Å². The van der Waals surface area contributed by atoms with Crippen molar-refractivity contribution in [1.29, 1.82) is 0 Å². The van der Waals surface area contributed by atoms with Gasteiger partial charge in [-0.25, -0.2) is 15.0 Å². The summed E-state index contributed by atoms with van der Waals surface area (Å²) >= 11 is 0. The Kier molecular flexibility index (Phi) is 5.12. The molecule has 1 heterocycles. The monoisotopic (exact) mass is 380 g/mol. The molecule has 0 aliphatic heterocycles. The third-order valence-electron chi connectivity index (χ3n) is 4.43. The second-order valence-electron chi connectivity index (χ2n) is 6.77. The summed E-state index contributed by atoms with van der Waals surface area (Å²) in [6.45, 7) is 3.47. The molecule has 0 aliphatic carbocycles. The molecule has 1 aromatic heterocycles. The standard InChI is InChI=1S/C24H20N4O/c1-16-13-14-20(21(15-16)25-17(2)29)24-27-22(18-9-5-3-6-10-18)26-23(28-24)19-11-7-4-8-12-19/h3-15H,1-2H3,(H,25,29). The third-order valence-corrected chi connectivity index (χ3v) is 4.43. The Morgan fingerprint density at radius 3 is 1.76 bits per heavy atom. The summed E-state index contributed by atoms with van der Waals surface area (Å²) in [5, 5.41) is 2.89. The molecular weight excluding hydrogens is 360 g/mol. The highest BCUT2D eigenvalue weighted by Crippen LogP contribution is 2.30. The first-order chi connectivity index (χ1) is 14.1. The fourth-order valence-electron chi connectivity index (χ4n) is 3.08. The van der Waals surface area contributed by atoms with Crippen LogP contribution in [0.5, 0.6) is 0 Å². The topological polar surface area (TPSA) is 67.8 Å². The van der Waals surface area contributed by atoms with E-state index in [1.807, 2.05) is 85.8 Å². The van der Waals surface area contributed by atoms with E-state index in [4.69, 9.17) is 15.0 Å². The molecule has 5 heteroatoms. The molecule has 0 saturated carbocycles. The van der Waals surface area contributed by atoms with Crippen LogP contribution in [0.3, 0.4) is 0 Å². The number of nitrogens with zero attached hydrogens (tertiary/aromatic N) is 3. The number of anilines is 1. The highest BCUT2D eigenvalue weighted by Gasteiger charge is 2.15. The summed E-state index contributed by atoms with van der Waals surface area (Å²) < 4.78 is 0. The molecule has 0 spiro atoms. The maximum atomic E-state index is 11.7. The third kappa shape index (κ3) is 4.19. The van der Waals surface area contributed by atoms with E-state index >= 15 is 0 Å². The van der Waals surface area contributed by atoms with Gasteiger partial charge in [-0.05, 0) is 24.6 Å². The van der Waals surface area contributed by atoms with Crippen molar-refractivity contribution in [3.63, 3.8) is 0 Å². The molecule has 4 rings (SSSR count). The van der Waals surface area contributed by atoms with Crippen LogP contribution in [0.2, 0.25) is 0 Å². The van der Waals surface area contributed by atoms with Gasteiger partial charge in [0.1, 0.15) is 0 Å². The first kappa shape index (κ1) is 18.5. The molecule has 3 aromatic carbocycles. The first-order valence-corrected chi connectivity index (χ1v) is 9.36. The maximum absolute atomic E-state index is 11.7. The van der Waals surface area contributed by atoms with E-state index < -0.39 is 0 Å². The first-order valence-electron chi connectivity index (χ1n) is 9.36. The van der Waals surface area contributed by atoms with Crippen molar-refractivity contribution in [3.05, 3.63) is 84.4 Å². The summed E-state index contributed by atoms with van der Waals surface area (Å²) in [4.78, 5) is 25.9. The van der Waals surface area contributed by atoms with E-state index in [0.717, 1.165) is 22.3 Å². The minimum atomic E-state index is -0.141. The molecule has 0 fully saturated rings. The van der Waals surface area contributed by atoms with Crippen molar-refractivity contribution in [3.8, 4) is 34.2 Å². The molecular formula is C24H20N4O. The zero-order chi connectivity index (χ0) is 20.2. The highest BCUT2D eigenvalue weighted by atomic mass is 16.1. The minimum Gasteiger partial charge on any atom is -0.326 e. The number of hydrogen-bond acceptors (Lipinski definition) is 4. The molecule has 0 saturated heterocycles. The van der Waals surface area contributed by atoms with Crippen LogP contribution in [0.15, 0.2) is 78.9 Å². The molecule has 4 aromatic rings. The van der Waals surface area contributed by atoms with Crippen LogP contribution in [-0.4, -0.2) is 20.9 Å². The van der Waals surface area contributed by atoms with Crippen molar-refractivity contribution in [2.45, 2.75) is 13.8 Å². The van der Waals surface area contributed by atoms with Crippen LogP contribution in [0.1, 0.15) is 12.5 Å². The average molecular weight is 380 g/mol. The summed E-state index contributed by atoms with van der Waals surface area (Å²) in [6, 6.07) is 25.4. The molecule has 0 aliphatic rings. The summed E-state index contributed by atoms with van der Waals surface area (Å²) in [5.74, 6) is 1.55. The van der Waals surface area contributed by atoms with Gasteiger partial charge in [0.05, 0.1) is 5.69 Å². The molecule has 0 bridgehead atoms. The van der Waals surface area contributed by atoms with Crippen molar-refractivity contribution in [1.82, 2.24) is 15.0 Å². The number of carbonyl (C=O) groups excluding carboxylic acids is 1. The molecule has 1 N–H and O–H groups in total. The van der Waals surface area contributed by atoms with Gasteiger partial charge < -0.3 is 5.32 Å². The second kappa shape index (κ2) is 8.02. The Morgan fingerprint density at radius 2 is 1.24 bits per heavy atom. The van der Waals surface area contributed by atoms with Gasteiger partial charge in [0, 0.05) is 23.6 Å². The lowest BCUT2D eigenvalue weighted by atomic mass is 10.1. The van der Waals surface area contributed by atoms with Crippen LogP contribution in [0.4, 0.5) is 5.69 Å². The lowest BCUT2D eigenvalue weighted by molar-refractivity contribution is -0.114. The number of carbonyl (C=O) groups is 1. The SMILES string of the molecule is CC(=O)Nc1cc(C)ccc1-c1nc(-c2ccccc2)nc(-c2ccccc2)n1. The fraction of sp³-hybridized carbons (Fsp3) is 0.0833. The van der Waals surface area contributed by atoms with E-state index in [-0.39, 0.29) is 5.91 Å². The number of benzene rings is 3. The number of aromatic nitrogens is 3. The Labute approximate surface area is 169 Å². The maximum Gasteiger partial charge on any atom is 0.221 e. The molecule has 5 nitrogen and oxygen atoms in total. The van der Waals surface area contributed by atoms with Crippen LogP contribution in [0, 0.1) is 6.92 Å². The number of amides is 1. The lowest BCUT2D eigenvalue weighted by Crippen LogP contribution is -2.08. The zero-order valence-electron chi connectivity index (χ0n) is 16.3. The molecule has 0 atom stereocenters. The predicted molar refractivity (Wildman–Crippen MR) is 115 cm³/mol. The number of aryl methyl sites for hydroxylation is 1. The summed E-state index contributed by atoms with van der Waals surface area (Å²) in [5.41, 5.74) is 4.28. The molecule has 1 amide bonds. The van der Waals surface area contributed by atoms with E-state index in [0.29, 0.717) is 23.2 Å². The minimum absolute atomic E-state index is 0.141. The van der Waals surface area contributed by atoms with E-state index in [1.54, 1.807) is 0 Å². The van der Waals surface area contributed by atoms with Gasteiger partial charge in [-0.15, -0.1) is 0 Å². The van der Waals surface area contributed by atoms with Gasteiger partial charge in [-0.3, -0.25) is 4.79 Å². The molecule has 0 radical (unpaired) electrons. The Morgan fingerprint density at radius 1 is 0.724 bits per heavy atom. The Balaban J connectivity index is 1.93. The zero-order valence-corrected chi connectivity index (χ0v) is 16.3. The molecule has 142 valence electrons. The largest absolute Gasteiger partial charge is 0.326 e. The van der Waals surface area contributed by atoms with Crippen molar-refractivity contribution >= 4 is 11.6 Å². The van der Waals surface area contributed by atoms with Gasteiger partial charge in [0.15, 0.2) is 17.5 Å². The summed E-state index contributed by atoms with van der Waals surface area (Å²) in [7, 11) is 0. The van der Waals surface area contributed by atoms with Crippen LogP contribution in [0.25, 0.3) is 34.2 Å². The summed E-state index contributed by atoms with van der Waals surface area (Å²) in [6.07, 6.45) is 0. The van der Waals surface area contributed by atoms with Gasteiger partial charge in [0.2, 0.25) is 5.91 Å². The number of rotatable bonds is 4. The predicted octanol–water partition coefficient (Wildman–Crippen LogP) is 5.14. The Hall–Kier alpha value is -3.86. The highest BCUT2D eigenvalue weighted by molar-refractivity contribution is 5.93. The van der Waals surface area contributed by atoms with Gasteiger partial charge >= 0.3 is 0 Å². The second-order valence-corrected chi connectivity index (χ2v) is 6.77. The Bertz CT molecular complexity index is 1100.